The molecule has 0 saturated heterocycles. The molecule has 1 aliphatic rings. The minimum atomic E-state index is -1.06. The molecule has 0 bridgehead atoms. The summed E-state index contributed by atoms with van der Waals surface area (Å²) in [5.41, 5.74) is 0.0143. The fourth-order valence-corrected chi connectivity index (χ4v) is 2.42. The van der Waals surface area contributed by atoms with Crippen molar-refractivity contribution in [3.05, 3.63) is 47.5 Å². The second-order valence-electron chi connectivity index (χ2n) is 5.06. The lowest BCUT2D eigenvalue weighted by Crippen LogP contribution is -2.24. The number of rotatable bonds is 3. The molecular formula is C16H15F2NO2. The monoisotopic (exact) mass is 291 g/mol. The Morgan fingerprint density at radius 1 is 1.24 bits per heavy atom. The third-order valence-electron chi connectivity index (χ3n) is 3.59. The van der Waals surface area contributed by atoms with Gasteiger partial charge < -0.3 is 4.74 Å². The predicted molar refractivity (Wildman–Crippen MR) is 72.3 cm³/mol. The highest BCUT2D eigenvalue weighted by Crippen LogP contribution is 2.27. The minimum absolute atomic E-state index is 0.0143. The van der Waals surface area contributed by atoms with Gasteiger partial charge in [-0.1, -0.05) is 6.08 Å². The lowest BCUT2D eigenvalue weighted by molar-refractivity contribution is 0.0184. The number of carbonyl (C=O) groups excluding carboxylic acids is 1. The lowest BCUT2D eigenvalue weighted by atomic mass is 9.87. The van der Waals surface area contributed by atoms with Crippen LogP contribution in [-0.2, 0) is 4.74 Å². The standard InChI is InChI=1S/C16H15F2NO2/c17-14-8-5-12(10-15(14)18)16(20)21-13-6-3-11(4-7-13)2-1-9-19/h1-2,5,8,10-11,13H,3-4,6-7H2. The van der Waals surface area contributed by atoms with Crippen LogP contribution in [0.2, 0.25) is 0 Å². The Morgan fingerprint density at radius 3 is 2.57 bits per heavy atom. The summed E-state index contributed by atoms with van der Waals surface area (Å²) in [6.07, 6.45) is 6.22. The highest BCUT2D eigenvalue weighted by Gasteiger charge is 2.23. The molecule has 0 unspecified atom stereocenters. The summed E-state index contributed by atoms with van der Waals surface area (Å²) >= 11 is 0. The van der Waals surface area contributed by atoms with Gasteiger partial charge in [0.05, 0.1) is 11.6 Å². The first-order valence-corrected chi connectivity index (χ1v) is 6.82. The van der Waals surface area contributed by atoms with E-state index in [4.69, 9.17) is 10.00 Å². The molecule has 0 N–H and O–H groups in total. The predicted octanol–water partition coefficient (Wildman–Crippen LogP) is 3.76. The van der Waals surface area contributed by atoms with Crippen LogP contribution in [0.5, 0.6) is 0 Å². The Bertz CT molecular complexity index is 584. The SMILES string of the molecule is N#CC=CC1CCC(OC(=O)c2ccc(F)c(F)c2)CC1. The number of nitrogens with zero attached hydrogens (tertiary/aromatic N) is 1. The molecule has 0 aromatic heterocycles. The van der Waals surface area contributed by atoms with E-state index in [1.807, 2.05) is 12.1 Å². The maximum atomic E-state index is 13.1. The molecule has 1 aliphatic carbocycles. The Hall–Kier alpha value is -2.22. The number of esters is 1. The maximum absolute atomic E-state index is 13.1. The number of hydrogen-bond donors (Lipinski definition) is 0. The van der Waals surface area contributed by atoms with Gasteiger partial charge in [0.25, 0.3) is 0 Å². The van der Waals surface area contributed by atoms with E-state index < -0.39 is 17.6 Å². The summed E-state index contributed by atoms with van der Waals surface area (Å²) in [5, 5.41) is 8.47. The topological polar surface area (TPSA) is 50.1 Å². The zero-order valence-corrected chi connectivity index (χ0v) is 11.4. The van der Waals surface area contributed by atoms with E-state index in [9.17, 15) is 13.6 Å². The van der Waals surface area contributed by atoms with E-state index in [1.165, 1.54) is 12.1 Å². The van der Waals surface area contributed by atoms with Crippen LogP contribution in [0, 0.1) is 28.9 Å². The Labute approximate surface area is 121 Å². The van der Waals surface area contributed by atoms with Crippen LogP contribution in [0.15, 0.2) is 30.4 Å². The molecule has 110 valence electrons. The number of ether oxygens (including phenoxy) is 1. The van der Waals surface area contributed by atoms with Gasteiger partial charge in [-0.3, -0.25) is 0 Å². The van der Waals surface area contributed by atoms with Crippen molar-refractivity contribution in [3.8, 4) is 6.07 Å². The van der Waals surface area contributed by atoms with Crippen LogP contribution in [-0.4, -0.2) is 12.1 Å². The zero-order valence-electron chi connectivity index (χ0n) is 11.4. The van der Waals surface area contributed by atoms with Crippen LogP contribution in [0.1, 0.15) is 36.0 Å². The first-order chi connectivity index (χ1) is 10.1. The first kappa shape index (κ1) is 15.2. The quantitative estimate of drug-likeness (QED) is 0.629. The second kappa shape index (κ2) is 6.98. The molecule has 0 spiro atoms. The molecule has 2 rings (SSSR count). The molecule has 3 nitrogen and oxygen atoms in total. The Morgan fingerprint density at radius 2 is 1.95 bits per heavy atom. The summed E-state index contributed by atoms with van der Waals surface area (Å²) < 4.78 is 31.2. The van der Waals surface area contributed by atoms with E-state index >= 15 is 0 Å². The number of halogens is 2. The van der Waals surface area contributed by atoms with Gasteiger partial charge >= 0.3 is 5.97 Å². The molecule has 1 fully saturated rings. The van der Waals surface area contributed by atoms with Crippen LogP contribution >= 0.6 is 0 Å². The van der Waals surface area contributed by atoms with Gasteiger partial charge in [-0.25, -0.2) is 13.6 Å². The molecular weight excluding hydrogens is 276 g/mol. The number of hydrogen-bond acceptors (Lipinski definition) is 3. The third kappa shape index (κ3) is 4.12. The normalized spacial score (nSPS) is 22.0. The number of benzene rings is 1. The average Bonchev–Trinajstić information content (AvgIpc) is 2.49. The van der Waals surface area contributed by atoms with E-state index in [1.54, 1.807) is 0 Å². The van der Waals surface area contributed by atoms with Gasteiger partial charge in [0.1, 0.15) is 6.10 Å². The summed E-state index contributed by atoms with van der Waals surface area (Å²) in [4.78, 5) is 11.9. The molecule has 1 aromatic rings. The minimum Gasteiger partial charge on any atom is -0.459 e. The first-order valence-electron chi connectivity index (χ1n) is 6.82. The molecule has 5 heteroatoms. The summed E-state index contributed by atoms with van der Waals surface area (Å²) in [5.74, 6) is -2.35. The second-order valence-corrected chi connectivity index (χ2v) is 5.06. The van der Waals surface area contributed by atoms with E-state index in [0.717, 1.165) is 25.0 Å². The third-order valence-corrected chi connectivity index (χ3v) is 3.59. The molecule has 21 heavy (non-hydrogen) atoms. The van der Waals surface area contributed by atoms with E-state index in [-0.39, 0.29) is 11.7 Å². The van der Waals surface area contributed by atoms with Gasteiger partial charge in [-0.15, -0.1) is 0 Å². The van der Waals surface area contributed by atoms with Crippen LogP contribution in [0.3, 0.4) is 0 Å². The molecule has 1 aromatic carbocycles. The van der Waals surface area contributed by atoms with Crippen molar-refractivity contribution >= 4 is 5.97 Å². The smallest absolute Gasteiger partial charge is 0.338 e. The van der Waals surface area contributed by atoms with Crippen LogP contribution in [0.4, 0.5) is 8.78 Å². The molecule has 1 saturated carbocycles. The zero-order chi connectivity index (χ0) is 15.2. The van der Waals surface area contributed by atoms with E-state index in [2.05, 4.69) is 0 Å². The number of allylic oxidation sites excluding steroid dienone is 2. The van der Waals surface area contributed by atoms with Gasteiger partial charge in [0, 0.05) is 6.08 Å². The van der Waals surface area contributed by atoms with Gasteiger partial charge in [-0.05, 0) is 49.8 Å². The summed E-state index contributed by atoms with van der Waals surface area (Å²) in [7, 11) is 0. The maximum Gasteiger partial charge on any atom is 0.338 e. The van der Waals surface area contributed by atoms with Crippen LogP contribution in [0.25, 0.3) is 0 Å². The molecule has 0 amide bonds. The van der Waals surface area contributed by atoms with Gasteiger partial charge in [-0.2, -0.15) is 5.26 Å². The molecule has 0 radical (unpaired) electrons. The van der Waals surface area contributed by atoms with Crippen molar-refractivity contribution in [3.63, 3.8) is 0 Å². The molecule has 0 atom stereocenters. The number of carbonyl (C=O) groups is 1. The summed E-state index contributed by atoms with van der Waals surface area (Å²) in [6, 6.07) is 4.93. The van der Waals surface area contributed by atoms with Crippen molar-refractivity contribution in [2.75, 3.05) is 0 Å². The van der Waals surface area contributed by atoms with Crippen LogP contribution < -0.4 is 0 Å². The lowest BCUT2D eigenvalue weighted by Gasteiger charge is -2.26. The fraction of sp³-hybridized carbons (Fsp3) is 0.375. The molecule has 0 aliphatic heterocycles. The van der Waals surface area contributed by atoms with Crippen molar-refractivity contribution in [2.45, 2.75) is 31.8 Å². The Balaban J connectivity index is 1.88. The van der Waals surface area contributed by atoms with Crippen molar-refractivity contribution in [1.82, 2.24) is 0 Å². The number of nitriles is 1. The summed E-state index contributed by atoms with van der Waals surface area (Å²) in [6.45, 7) is 0. The van der Waals surface area contributed by atoms with Crippen molar-refractivity contribution in [1.29, 1.82) is 5.26 Å². The average molecular weight is 291 g/mol. The largest absolute Gasteiger partial charge is 0.459 e. The van der Waals surface area contributed by atoms with E-state index in [0.29, 0.717) is 18.8 Å². The fourth-order valence-electron chi connectivity index (χ4n) is 2.42. The van der Waals surface area contributed by atoms with Crippen molar-refractivity contribution < 1.29 is 18.3 Å². The highest BCUT2D eigenvalue weighted by molar-refractivity contribution is 5.89. The molecule has 0 heterocycles. The van der Waals surface area contributed by atoms with Crippen molar-refractivity contribution in [2.24, 2.45) is 5.92 Å². The Kier molecular flexibility index (Phi) is 5.04. The van der Waals surface area contributed by atoms with Gasteiger partial charge in [0.15, 0.2) is 11.6 Å². The van der Waals surface area contributed by atoms with Gasteiger partial charge in [0.2, 0.25) is 0 Å². The highest BCUT2D eigenvalue weighted by atomic mass is 19.2.